The number of rotatable bonds is 30. The van der Waals surface area contributed by atoms with Crippen LogP contribution in [0.25, 0.3) is 0 Å². The highest BCUT2D eigenvalue weighted by molar-refractivity contribution is 7.92. The third-order valence-corrected chi connectivity index (χ3v) is 10.9. The van der Waals surface area contributed by atoms with Gasteiger partial charge in [-0.1, -0.05) is 166 Å². The molecule has 0 amide bonds. The maximum atomic E-state index is 13.5. The third kappa shape index (κ3) is 21.4. The molecule has 1 rings (SSSR count). The van der Waals surface area contributed by atoms with E-state index in [1.54, 1.807) is 12.1 Å². The van der Waals surface area contributed by atoms with Crippen molar-refractivity contribution in [3.63, 3.8) is 0 Å². The lowest BCUT2D eigenvalue weighted by molar-refractivity contribution is 0.507. The number of allylic oxidation sites excluding steroid dienone is 4. The summed E-state index contributed by atoms with van der Waals surface area (Å²) in [6, 6.07) is 9.18. The lowest BCUT2D eigenvalue weighted by Gasteiger charge is -2.18. The van der Waals surface area contributed by atoms with E-state index in [0.29, 0.717) is 4.90 Å². The first-order chi connectivity index (χ1) is 20.6. The van der Waals surface area contributed by atoms with Crippen LogP contribution >= 0.6 is 0 Å². The molecule has 1 aromatic rings. The number of sulfone groups is 1. The van der Waals surface area contributed by atoms with Crippen molar-refractivity contribution in [1.29, 1.82) is 0 Å². The Kier molecular flexibility index (Phi) is 26.2. The molecule has 0 fully saturated rings. The van der Waals surface area contributed by atoms with Gasteiger partial charge in [0, 0.05) is 0 Å². The first-order valence-corrected chi connectivity index (χ1v) is 19.8. The molecule has 0 aliphatic heterocycles. The molecule has 1 atom stereocenters. The van der Waals surface area contributed by atoms with Gasteiger partial charge in [0.25, 0.3) is 0 Å². The van der Waals surface area contributed by atoms with Crippen LogP contribution in [0.1, 0.15) is 181 Å². The highest BCUT2D eigenvalue weighted by Gasteiger charge is 2.26. The highest BCUT2D eigenvalue weighted by atomic mass is 32.2. The van der Waals surface area contributed by atoms with Gasteiger partial charge >= 0.3 is 0 Å². The molecule has 0 aromatic heterocycles. The monoisotopic (exact) mass is 600 g/mol. The molecule has 0 radical (unpaired) electrons. The molecule has 3 heteroatoms. The number of unbranched alkanes of at least 4 members (excludes halogenated alkanes) is 20. The van der Waals surface area contributed by atoms with Crippen LogP contribution in [-0.2, 0) is 9.84 Å². The first kappa shape index (κ1) is 38.7. The number of benzene rings is 1. The Morgan fingerprint density at radius 2 is 0.833 bits per heavy atom. The van der Waals surface area contributed by atoms with Gasteiger partial charge in [-0.25, -0.2) is 8.42 Å². The van der Waals surface area contributed by atoms with Gasteiger partial charge in [-0.3, -0.25) is 0 Å². The summed E-state index contributed by atoms with van der Waals surface area (Å²) in [6.45, 7) is 4.51. The minimum Gasteiger partial charge on any atom is -0.223 e. The fourth-order valence-corrected chi connectivity index (χ4v) is 7.65. The predicted molar refractivity (Wildman–Crippen MR) is 187 cm³/mol. The SMILES string of the molecule is CCCC/C=C\CCCCCCCCCCC(CCCCCCCCC/C=C\CCCCC)S(=O)(=O)c1ccccc1. The number of hydrogen-bond acceptors (Lipinski definition) is 2. The molecular weight excluding hydrogens is 532 g/mol. The Bertz CT molecular complexity index is 856. The molecule has 1 aromatic carbocycles. The van der Waals surface area contributed by atoms with Crippen molar-refractivity contribution < 1.29 is 8.42 Å². The fraction of sp³-hybridized carbons (Fsp3) is 0.744. The number of hydrogen-bond donors (Lipinski definition) is 0. The lowest BCUT2D eigenvalue weighted by Crippen LogP contribution is -2.21. The second-order valence-electron chi connectivity index (χ2n) is 12.5. The van der Waals surface area contributed by atoms with E-state index in [-0.39, 0.29) is 5.25 Å². The van der Waals surface area contributed by atoms with Gasteiger partial charge < -0.3 is 0 Å². The van der Waals surface area contributed by atoms with Gasteiger partial charge in [-0.15, -0.1) is 0 Å². The predicted octanol–water partition coefficient (Wildman–Crippen LogP) is 13.1. The molecule has 242 valence electrons. The first-order valence-electron chi connectivity index (χ1n) is 18.2. The zero-order chi connectivity index (χ0) is 30.4. The topological polar surface area (TPSA) is 34.1 Å². The Hall–Kier alpha value is -1.35. The van der Waals surface area contributed by atoms with Crippen molar-refractivity contribution in [2.24, 2.45) is 0 Å². The maximum absolute atomic E-state index is 13.5. The second-order valence-corrected chi connectivity index (χ2v) is 14.7. The van der Waals surface area contributed by atoms with E-state index in [0.717, 1.165) is 38.5 Å². The third-order valence-electron chi connectivity index (χ3n) is 8.59. The lowest BCUT2D eigenvalue weighted by atomic mass is 10.0. The zero-order valence-corrected chi connectivity index (χ0v) is 28.7. The minimum atomic E-state index is -3.25. The van der Waals surface area contributed by atoms with E-state index in [1.165, 1.54) is 128 Å². The van der Waals surface area contributed by atoms with E-state index >= 15 is 0 Å². The van der Waals surface area contributed by atoms with Crippen LogP contribution in [0, 0.1) is 0 Å². The molecule has 0 saturated heterocycles. The summed E-state index contributed by atoms with van der Waals surface area (Å²) in [5.41, 5.74) is 0. The van der Waals surface area contributed by atoms with Crippen LogP contribution in [0.5, 0.6) is 0 Å². The van der Waals surface area contributed by atoms with Crippen molar-refractivity contribution in [3.05, 3.63) is 54.6 Å². The van der Waals surface area contributed by atoms with Crippen LogP contribution in [0.3, 0.4) is 0 Å². The summed E-state index contributed by atoms with van der Waals surface area (Å²) in [6.07, 6.45) is 41.3. The average Bonchev–Trinajstić information content (AvgIpc) is 3.00. The molecule has 0 saturated carbocycles. The summed E-state index contributed by atoms with van der Waals surface area (Å²) in [5.74, 6) is 0. The molecule has 0 N–H and O–H groups in total. The molecular formula is C39H68O2S. The largest absolute Gasteiger partial charge is 0.223 e. The van der Waals surface area contributed by atoms with Crippen molar-refractivity contribution in [3.8, 4) is 0 Å². The van der Waals surface area contributed by atoms with Gasteiger partial charge in [0.2, 0.25) is 0 Å². The molecule has 1 unspecified atom stereocenters. The smallest absolute Gasteiger partial charge is 0.181 e. The van der Waals surface area contributed by atoms with Crippen LogP contribution < -0.4 is 0 Å². The molecule has 0 heterocycles. The van der Waals surface area contributed by atoms with E-state index in [9.17, 15) is 8.42 Å². The molecule has 2 nitrogen and oxygen atoms in total. The van der Waals surface area contributed by atoms with Crippen LogP contribution in [0.15, 0.2) is 59.5 Å². The molecule has 42 heavy (non-hydrogen) atoms. The van der Waals surface area contributed by atoms with Gasteiger partial charge in [-0.05, 0) is 69.9 Å². The van der Waals surface area contributed by atoms with E-state index in [2.05, 4.69) is 38.2 Å². The van der Waals surface area contributed by atoms with E-state index in [1.807, 2.05) is 18.2 Å². The molecule has 0 spiro atoms. The van der Waals surface area contributed by atoms with Crippen molar-refractivity contribution in [1.82, 2.24) is 0 Å². The average molecular weight is 601 g/mol. The standard InChI is InChI=1S/C39H68O2S/c1-3-5-7-9-11-13-15-17-19-21-23-25-27-30-34-38(42(40,41)39-36-32-29-33-37-39)35-31-28-26-24-22-20-18-16-14-12-10-8-6-4-2/h9,11-12,14,29,32-33,36-38H,3-8,10,13,15-28,30-31,34-35H2,1-2H3/b11-9-,14-12-. The molecule has 0 aliphatic rings. The van der Waals surface area contributed by atoms with Gasteiger partial charge in [0.1, 0.15) is 0 Å². The second kappa shape index (κ2) is 28.4. The maximum Gasteiger partial charge on any atom is 0.181 e. The Balaban J connectivity index is 2.22. The van der Waals surface area contributed by atoms with Crippen LogP contribution in [0.2, 0.25) is 0 Å². The van der Waals surface area contributed by atoms with Crippen molar-refractivity contribution in [2.45, 2.75) is 191 Å². The summed E-state index contributed by atoms with van der Waals surface area (Å²) in [7, 11) is -3.25. The summed E-state index contributed by atoms with van der Waals surface area (Å²) >= 11 is 0. The quantitative estimate of drug-likeness (QED) is 0.0650. The van der Waals surface area contributed by atoms with Gasteiger partial charge in [0.15, 0.2) is 9.84 Å². The summed E-state index contributed by atoms with van der Waals surface area (Å²) in [5, 5.41) is -0.227. The normalized spacial score (nSPS) is 13.0. The molecule has 0 bridgehead atoms. The Labute approximate surface area is 263 Å². The van der Waals surface area contributed by atoms with Crippen LogP contribution in [0.4, 0.5) is 0 Å². The highest BCUT2D eigenvalue weighted by Crippen LogP contribution is 2.25. The van der Waals surface area contributed by atoms with Crippen molar-refractivity contribution in [2.75, 3.05) is 0 Å². The zero-order valence-electron chi connectivity index (χ0n) is 27.9. The van der Waals surface area contributed by atoms with Crippen LogP contribution in [-0.4, -0.2) is 13.7 Å². The fourth-order valence-electron chi connectivity index (χ4n) is 5.78. The Morgan fingerprint density at radius 1 is 0.476 bits per heavy atom. The molecule has 0 aliphatic carbocycles. The van der Waals surface area contributed by atoms with E-state index < -0.39 is 9.84 Å². The summed E-state index contributed by atoms with van der Waals surface area (Å²) < 4.78 is 26.9. The van der Waals surface area contributed by atoms with Crippen molar-refractivity contribution >= 4 is 9.84 Å². The van der Waals surface area contributed by atoms with Gasteiger partial charge in [0.05, 0.1) is 10.1 Å². The summed E-state index contributed by atoms with van der Waals surface area (Å²) in [4.78, 5) is 0.509. The van der Waals surface area contributed by atoms with Gasteiger partial charge in [-0.2, -0.15) is 0 Å². The minimum absolute atomic E-state index is 0.227. The van der Waals surface area contributed by atoms with E-state index in [4.69, 9.17) is 0 Å². The Morgan fingerprint density at radius 3 is 1.26 bits per heavy atom.